The van der Waals surface area contributed by atoms with E-state index in [9.17, 15) is 14.0 Å². The van der Waals surface area contributed by atoms with Gasteiger partial charge in [-0.3, -0.25) is 14.3 Å². The highest BCUT2D eigenvalue weighted by molar-refractivity contribution is 6.45. The highest BCUT2D eigenvalue weighted by atomic mass is 19.1. The van der Waals surface area contributed by atoms with Gasteiger partial charge in [0.1, 0.15) is 0 Å². The van der Waals surface area contributed by atoms with Gasteiger partial charge in [-0.1, -0.05) is 29.7 Å². The summed E-state index contributed by atoms with van der Waals surface area (Å²) in [5, 5.41) is 8.88. The third-order valence-corrected chi connectivity index (χ3v) is 2.53. The average molecular weight is 248 g/mol. The molecule has 1 aromatic heterocycles. The number of benzene rings is 1. The van der Waals surface area contributed by atoms with Crippen molar-refractivity contribution in [3.8, 4) is 0 Å². The molecule has 5 nitrogen and oxygen atoms in total. The van der Waals surface area contributed by atoms with Gasteiger partial charge in [-0.15, -0.1) is 0 Å². The third-order valence-electron chi connectivity index (χ3n) is 2.53. The molecule has 0 fully saturated rings. The zero-order valence-corrected chi connectivity index (χ0v) is 9.39. The minimum atomic E-state index is -1.02. The molecule has 0 unspecified atom stereocenters. The molecule has 1 aromatic carbocycles. The van der Waals surface area contributed by atoms with Crippen LogP contribution in [0.1, 0.15) is 5.56 Å². The Bertz CT molecular complexity index is 663. The van der Waals surface area contributed by atoms with Crippen LogP contribution in [0.4, 0.5) is 4.39 Å². The molecule has 2 N–H and O–H groups in total. The van der Waals surface area contributed by atoms with Crippen LogP contribution in [0.5, 0.6) is 0 Å². The summed E-state index contributed by atoms with van der Waals surface area (Å²) in [5.74, 6) is -0.999. The molecular weight excluding hydrogens is 238 g/mol. The Labute approximate surface area is 102 Å². The highest BCUT2D eigenvalue weighted by Gasteiger charge is 2.04. The predicted molar refractivity (Wildman–Crippen MR) is 65.8 cm³/mol. The second kappa shape index (κ2) is 5.01. The first-order valence-electron chi connectivity index (χ1n) is 5.28. The van der Waals surface area contributed by atoms with E-state index >= 15 is 0 Å². The summed E-state index contributed by atoms with van der Waals surface area (Å²) in [4.78, 5) is 24.2. The van der Waals surface area contributed by atoms with Crippen molar-refractivity contribution in [3.63, 3.8) is 0 Å². The predicted octanol–water partition coefficient (Wildman–Crippen LogP) is -1.31. The quantitative estimate of drug-likeness (QED) is 0.662. The van der Waals surface area contributed by atoms with Crippen molar-refractivity contribution in [3.05, 3.63) is 62.7 Å². The van der Waals surface area contributed by atoms with E-state index in [-0.39, 0.29) is 14.0 Å². The molecule has 92 valence electrons. The van der Waals surface area contributed by atoms with Crippen LogP contribution in [0.3, 0.4) is 0 Å². The van der Waals surface area contributed by atoms with E-state index in [2.05, 4.69) is 0 Å². The molecule has 2 rings (SSSR count). The van der Waals surface area contributed by atoms with Crippen LogP contribution in [-0.2, 0) is 6.54 Å². The average Bonchev–Trinajstić information content (AvgIpc) is 2.37. The zero-order valence-electron chi connectivity index (χ0n) is 9.39. The summed E-state index contributed by atoms with van der Waals surface area (Å²) >= 11 is 0. The molecule has 0 atom stereocenters. The Morgan fingerprint density at radius 3 is 2.56 bits per heavy atom. The Kier molecular flexibility index (Phi) is 3.43. The second-order valence-electron chi connectivity index (χ2n) is 3.84. The Hall–Kier alpha value is -2.15. The van der Waals surface area contributed by atoms with E-state index in [0.717, 1.165) is 21.8 Å². The number of hydrogen-bond acceptors (Lipinski definition) is 3. The van der Waals surface area contributed by atoms with Gasteiger partial charge in [0.2, 0.25) is 5.82 Å². The fourth-order valence-corrected chi connectivity index (χ4v) is 1.55. The molecule has 7 heteroatoms. The number of halogens is 1. The number of nitrogens with zero attached hydrogens (tertiary/aromatic N) is 1. The smallest absolute Gasteiger partial charge is 0.328 e. The number of aromatic amines is 1. The maximum Gasteiger partial charge on any atom is 0.328 e. The molecule has 18 heavy (non-hydrogen) atoms. The van der Waals surface area contributed by atoms with E-state index in [1.54, 1.807) is 24.3 Å². The molecule has 0 aliphatic carbocycles. The summed E-state index contributed by atoms with van der Waals surface area (Å²) < 4.78 is 14.1. The molecule has 0 amide bonds. The van der Waals surface area contributed by atoms with E-state index < -0.39 is 17.1 Å². The molecule has 2 aromatic rings. The van der Waals surface area contributed by atoms with Crippen LogP contribution in [0.15, 0.2) is 40.1 Å². The first-order valence-corrected chi connectivity index (χ1v) is 5.28. The zero-order chi connectivity index (χ0) is 13.1. The van der Waals surface area contributed by atoms with Gasteiger partial charge < -0.3 is 5.02 Å². The second-order valence-corrected chi connectivity index (χ2v) is 3.84. The van der Waals surface area contributed by atoms with Gasteiger partial charge in [0.05, 0.1) is 12.7 Å². The van der Waals surface area contributed by atoms with E-state index in [4.69, 9.17) is 5.02 Å². The van der Waals surface area contributed by atoms with Crippen molar-refractivity contribution in [1.29, 1.82) is 0 Å². The van der Waals surface area contributed by atoms with Crippen LogP contribution in [0.2, 0.25) is 0 Å². The lowest BCUT2D eigenvalue weighted by Gasteiger charge is -2.05. The monoisotopic (exact) mass is 248 g/mol. The Balaban J connectivity index is 2.31. The van der Waals surface area contributed by atoms with Crippen molar-refractivity contribution in [2.75, 3.05) is 0 Å². The maximum atomic E-state index is 13.0. The van der Waals surface area contributed by atoms with Gasteiger partial charge in [0.25, 0.3) is 5.56 Å². The molecule has 0 radical (unpaired) electrons. The van der Waals surface area contributed by atoms with E-state index in [1.807, 2.05) is 4.98 Å². The lowest BCUT2D eigenvalue weighted by molar-refractivity contribution is 0.566. The number of H-pyrrole nitrogens is 1. The summed E-state index contributed by atoms with van der Waals surface area (Å²) in [5.41, 5.74) is -0.168. The third kappa shape index (κ3) is 2.57. The molecule has 0 saturated heterocycles. The number of rotatable bonds is 3. The fraction of sp³-hybridized carbons (Fsp3) is 0.0909. The summed E-state index contributed by atoms with van der Waals surface area (Å²) in [7, 11) is -0.0620. The molecule has 0 spiro atoms. The van der Waals surface area contributed by atoms with Crippen molar-refractivity contribution < 1.29 is 9.41 Å². The van der Waals surface area contributed by atoms with Crippen molar-refractivity contribution >= 4 is 12.9 Å². The van der Waals surface area contributed by atoms with Crippen molar-refractivity contribution in [2.45, 2.75) is 6.54 Å². The largest absolute Gasteiger partial charge is 0.449 e. The van der Waals surface area contributed by atoms with Gasteiger partial charge in [0, 0.05) is 0 Å². The lowest BCUT2D eigenvalue weighted by atomic mass is 9.88. The van der Waals surface area contributed by atoms with Crippen molar-refractivity contribution in [2.24, 2.45) is 0 Å². The van der Waals surface area contributed by atoms with E-state index in [1.165, 1.54) is 0 Å². The Morgan fingerprint density at radius 2 is 1.94 bits per heavy atom. The molecule has 1 heterocycles. The van der Waals surface area contributed by atoms with Gasteiger partial charge in [-0.05, 0) is 5.56 Å². The number of aromatic nitrogens is 2. The number of hydrogen-bond donors (Lipinski definition) is 2. The fourth-order valence-electron chi connectivity index (χ4n) is 1.55. The van der Waals surface area contributed by atoms with Gasteiger partial charge in [-0.2, -0.15) is 4.39 Å². The van der Waals surface area contributed by atoms with Crippen LogP contribution < -0.4 is 16.7 Å². The first-order chi connectivity index (χ1) is 8.60. The summed E-state index contributed by atoms with van der Waals surface area (Å²) in [6.45, 7) is 0.151. The minimum Gasteiger partial charge on any atom is -0.449 e. The van der Waals surface area contributed by atoms with Crippen LogP contribution in [-0.4, -0.2) is 22.1 Å². The van der Waals surface area contributed by atoms with Crippen LogP contribution >= 0.6 is 0 Å². The normalized spacial score (nSPS) is 10.3. The summed E-state index contributed by atoms with van der Waals surface area (Å²) in [6, 6.07) is 6.87. The maximum absolute atomic E-state index is 13.0. The minimum absolute atomic E-state index is 0.0620. The summed E-state index contributed by atoms with van der Waals surface area (Å²) in [6.07, 6.45) is 0.876. The molecule has 0 aliphatic rings. The molecular formula is C11H10BFN2O3. The first kappa shape index (κ1) is 12.3. The standard InChI is InChI=1S/C11H10BFN2O3/c13-9-6-15(11(17)14-10(9)16)5-7-1-3-8(12-18)4-2-7/h1-4,6,12,18H,5H2,(H,14,16,17). The SMILES string of the molecule is O=c1[nH]c(=O)n(Cc2ccc(BO)cc2)cc1F. The topological polar surface area (TPSA) is 75.1 Å². The van der Waals surface area contributed by atoms with Gasteiger partial charge in [0.15, 0.2) is 0 Å². The van der Waals surface area contributed by atoms with Gasteiger partial charge in [-0.25, -0.2) is 4.79 Å². The van der Waals surface area contributed by atoms with Crippen LogP contribution in [0.25, 0.3) is 0 Å². The van der Waals surface area contributed by atoms with Crippen molar-refractivity contribution in [1.82, 2.24) is 9.55 Å². The Morgan fingerprint density at radius 1 is 1.28 bits per heavy atom. The number of nitrogens with one attached hydrogen (secondary N) is 1. The molecule has 0 aliphatic heterocycles. The lowest BCUT2D eigenvalue weighted by Crippen LogP contribution is -2.31. The van der Waals surface area contributed by atoms with Crippen LogP contribution in [0, 0.1) is 5.82 Å². The van der Waals surface area contributed by atoms with Gasteiger partial charge >= 0.3 is 13.2 Å². The molecule has 0 saturated carbocycles. The highest BCUT2D eigenvalue weighted by Crippen LogP contribution is 1.99. The van der Waals surface area contributed by atoms with E-state index in [0.29, 0.717) is 0 Å². The molecule has 0 bridgehead atoms.